The predicted octanol–water partition coefficient (Wildman–Crippen LogP) is 3.72. The molecule has 154 valence electrons. The first kappa shape index (κ1) is 20.1. The number of fused-ring (bicyclic) bond motifs is 3. The standard InChI is InChI=1S/C22H22ClN5O2/c1-12(2)11-24-22(29)14-5-8-18-19(9-14)28-20(13(3)25-18)26-27-21(28)16-10-15(30-4)6-7-17(16)23/h5-10,12H,11H2,1-4H3,(H,24,29)/p+1. The van der Waals surface area contributed by atoms with Crippen molar-refractivity contribution in [3.05, 3.63) is 52.7 Å². The van der Waals surface area contributed by atoms with Crippen LogP contribution < -0.4 is 14.5 Å². The molecular weight excluding hydrogens is 402 g/mol. The van der Waals surface area contributed by atoms with Crippen LogP contribution in [-0.4, -0.2) is 34.7 Å². The molecule has 0 spiro atoms. The van der Waals surface area contributed by atoms with E-state index in [4.69, 9.17) is 16.3 Å². The van der Waals surface area contributed by atoms with Gasteiger partial charge < -0.3 is 10.1 Å². The quantitative estimate of drug-likeness (QED) is 0.478. The van der Waals surface area contributed by atoms with Crippen molar-refractivity contribution < 1.29 is 13.9 Å². The van der Waals surface area contributed by atoms with Gasteiger partial charge in [-0.2, -0.15) is 4.40 Å². The summed E-state index contributed by atoms with van der Waals surface area (Å²) in [5.74, 6) is 1.54. The van der Waals surface area contributed by atoms with Gasteiger partial charge in [0.05, 0.1) is 17.7 Å². The summed E-state index contributed by atoms with van der Waals surface area (Å²) >= 11 is 6.49. The van der Waals surface area contributed by atoms with Gasteiger partial charge in [-0.25, -0.2) is 4.98 Å². The second-order valence-electron chi connectivity index (χ2n) is 7.58. The summed E-state index contributed by atoms with van der Waals surface area (Å²) in [7, 11) is 1.61. The molecule has 0 fully saturated rings. The molecule has 2 aromatic carbocycles. The second-order valence-corrected chi connectivity index (χ2v) is 7.99. The summed E-state index contributed by atoms with van der Waals surface area (Å²) in [4.78, 5) is 17.3. The number of aryl methyl sites for hydroxylation is 1. The number of halogens is 1. The highest BCUT2D eigenvalue weighted by Crippen LogP contribution is 2.29. The van der Waals surface area contributed by atoms with Crippen molar-refractivity contribution in [2.75, 3.05) is 13.7 Å². The predicted molar refractivity (Wildman–Crippen MR) is 116 cm³/mol. The zero-order chi connectivity index (χ0) is 21.4. The van der Waals surface area contributed by atoms with Gasteiger partial charge in [-0.05, 0) is 49.2 Å². The van der Waals surface area contributed by atoms with Crippen LogP contribution in [-0.2, 0) is 0 Å². The Morgan fingerprint density at radius 2 is 2.07 bits per heavy atom. The van der Waals surface area contributed by atoms with E-state index in [1.807, 2.05) is 29.5 Å². The van der Waals surface area contributed by atoms with Crippen molar-refractivity contribution in [1.82, 2.24) is 20.5 Å². The molecule has 0 bridgehead atoms. The van der Waals surface area contributed by atoms with E-state index in [1.54, 1.807) is 25.3 Å². The summed E-state index contributed by atoms with van der Waals surface area (Å²) in [5.41, 5.74) is 4.32. The molecular formula is C22H23ClN5O2+. The molecule has 0 aliphatic rings. The van der Waals surface area contributed by atoms with Crippen LogP contribution in [0.3, 0.4) is 0 Å². The lowest BCUT2D eigenvalue weighted by Gasteiger charge is -2.09. The van der Waals surface area contributed by atoms with Crippen molar-refractivity contribution in [2.24, 2.45) is 5.92 Å². The molecule has 0 saturated heterocycles. The highest BCUT2D eigenvalue weighted by Gasteiger charge is 2.24. The fourth-order valence-electron chi connectivity index (χ4n) is 3.34. The Bertz CT molecular complexity index is 1270. The van der Waals surface area contributed by atoms with Gasteiger partial charge >= 0.3 is 5.82 Å². The van der Waals surface area contributed by atoms with Gasteiger partial charge in [0.2, 0.25) is 0 Å². The third kappa shape index (κ3) is 3.57. The van der Waals surface area contributed by atoms with Gasteiger partial charge in [-0.3, -0.25) is 4.79 Å². The number of benzene rings is 2. The van der Waals surface area contributed by atoms with Crippen LogP contribution in [0.25, 0.3) is 28.1 Å². The summed E-state index contributed by atoms with van der Waals surface area (Å²) in [6.45, 7) is 6.64. The van der Waals surface area contributed by atoms with Gasteiger partial charge in [0.1, 0.15) is 22.5 Å². The number of hydrogen-bond donors (Lipinski definition) is 2. The molecule has 0 aliphatic heterocycles. The van der Waals surface area contributed by atoms with Crippen molar-refractivity contribution >= 4 is 34.2 Å². The number of ether oxygens (including phenoxy) is 1. The van der Waals surface area contributed by atoms with Crippen LogP contribution in [0.5, 0.6) is 5.75 Å². The van der Waals surface area contributed by atoms with Crippen LogP contribution in [0, 0.1) is 12.8 Å². The van der Waals surface area contributed by atoms with Crippen molar-refractivity contribution in [3.63, 3.8) is 0 Å². The van der Waals surface area contributed by atoms with Gasteiger partial charge in [-0.15, -0.1) is 5.10 Å². The van der Waals surface area contributed by atoms with E-state index in [0.29, 0.717) is 40.2 Å². The van der Waals surface area contributed by atoms with Crippen LogP contribution in [0.1, 0.15) is 29.9 Å². The number of methoxy groups -OCH3 is 1. The normalized spacial score (nSPS) is 11.4. The molecule has 0 unspecified atom stereocenters. The lowest BCUT2D eigenvalue weighted by atomic mass is 10.1. The summed E-state index contributed by atoms with van der Waals surface area (Å²) in [6, 6.07) is 10.9. The zero-order valence-corrected chi connectivity index (χ0v) is 18.0. The Morgan fingerprint density at radius 3 is 2.80 bits per heavy atom. The molecule has 30 heavy (non-hydrogen) atoms. The molecule has 0 aliphatic carbocycles. The van der Waals surface area contributed by atoms with Gasteiger partial charge in [0.25, 0.3) is 11.6 Å². The number of aromatic amines is 1. The smallest absolute Gasteiger partial charge is 0.315 e. The van der Waals surface area contributed by atoms with Crippen LogP contribution >= 0.6 is 11.6 Å². The Kier molecular flexibility index (Phi) is 5.30. The monoisotopic (exact) mass is 424 g/mol. The van der Waals surface area contributed by atoms with Crippen LogP contribution in [0.2, 0.25) is 5.02 Å². The molecule has 8 heteroatoms. The topological polar surface area (TPSA) is 84.0 Å². The fraction of sp³-hybridized carbons (Fsp3) is 0.273. The molecule has 2 aromatic heterocycles. The maximum absolute atomic E-state index is 12.6. The Labute approximate surface area is 179 Å². The first-order chi connectivity index (χ1) is 14.4. The van der Waals surface area contributed by atoms with Gasteiger partial charge in [0.15, 0.2) is 0 Å². The van der Waals surface area contributed by atoms with Crippen LogP contribution in [0.4, 0.5) is 0 Å². The van der Waals surface area contributed by atoms with E-state index in [0.717, 1.165) is 22.4 Å². The number of rotatable bonds is 5. The number of carbonyl (C=O) groups excluding carboxylic acids is 1. The van der Waals surface area contributed by atoms with E-state index in [2.05, 4.69) is 34.3 Å². The third-order valence-electron chi connectivity index (χ3n) is 4.90. The average Bonchev–Trinajstić information content (AvgIpc) is 3.18. The lowest BCUT2D eigenvalue weighted by Crippen LogP contribution is -2.29. The van der Waals surface area contributed by atoms with Crippen LogP contribution in [0.15, 0.2) is 36.4 Å². The van der Waals surface area contributed by atoms with E-state index in [1.165, 1.54) is 0 Å². The SMILES string of the molecule is COc1ccc(Cl)c(-c2n[nH]c3c(C)nc4ccc(C(=O)NCC(C)C)cc4[n+]23)c1. The Balaban J connectivity index is 1.94. The minimum absolute atomic E-state index is 0.121. The molecule has 2 N–H and O–H groups in total. The minimum Gasteiger partial charge on any atom is -0.497 e. The number of amides is 1. The molecule has 1 amide bonds. The number of nitrogens with zero attached hydrogens (tertiary/aromatic N) is 3. The lowest BCUT2D eigenvalue weighted by molar-refractivity contribution is -0.469. The summed E-state index contributed by atoms with van der Waals surface area (Å²) in [6.07, 6.45) is 0. The largest absolute Gasteiger partial charge is 0.497 e. The first-order valence-electron chi connectivity index (χ1n) is 9.71. The molecule has 7 nitrogen and oxygen atoms in total. The number of aromatic nitrogens is 4. The average molecular weight is 425 g/mol. The number of hydrogen-bond acceptors (Lipinski definition) is 4. The Hall–Kier alpha value is -3.19. The maximum Gasteiger partial charge on any atom is 0.315 e. The number of H-pyrrole nitrogens is 1. The fourth-order valence-corrected chi connectivity index (χ4v) is 3.55. The van der Waals surface area contributed by atoms with E-state index in [-0.39, 0.29) is 5.91 Å². The molecule has 2 heterocycles. The van der Waals surface area contributed by atoms with Gasteiger partial charge in [0, 0.05) is 17.2 Å². The minimum atomic E-state index is -0.121. The second kappa shape index (κ2) is 7.91. The zero-order valence-electron chi connectivity index (χ0n) is 17.3. The molecule has 0 saturated carbocycles. The van der Waals surface area contributed by atoms with Crippen molar-refractivity contribution in [1.29, 1.82) is 0 Å². The number of carbonyl (C=O) groups is 1. The van der Waals surface area contributed by atoms with Gasteiger partial charge in [-0.1, -0.05) is 25.4 Å². The Morgan fingerprint density at radius 1 is 1.27 bits per heavy atom. The number of nitrogens with one attached hydrogen (secondary N) is 2. The first-order valence-corrected chi connectivity index (χ1v) is 10.1. The maximum atomic E-state index is 12.6. The summed E-state index contributed by atoms with van der Waals surface area (Å²) in [5, 5.41) is 11.1. The highest BCUT2D eigenvalue weighted by molar-refractivity contribution is 6.33. The molecule has 4 rings (SSSR count). The van der Waals surface area contributed by atoms with Crippen molar-refractivity contribution in [3.8, 4) is 17.1 Å². The molecule has 0 atom stereocenters. The van der Waals surface area contributed by atoms with E-state index >= 15 is 0 Å². The summed E-state index contributed by atoms with van der Waals surface area (Å²) < 4.78 is 7.30. The molecule has 0 radical (unpaired) electrons. The third-order valence-corrected chi connectivity index (χ3v) is 5.23. The molecule has 4 aromatic rings. The van der Waals surface area contributed by atoms with Crippen molar-refractivity contribution in [2.45, 2.75) is 20.8 Å². The highest BCUT2D eigenvalue weighted by atomic mass is 35.5. The van der Waals surface area contributed by atoms with E-state index in [9.17, 15) is 4.79 Å². The van der Waals surface area contributed by atoms with E-state index < -0.39 is 0 Å².